The SMILES string of the molecule is NC(=O)Nc1cccc(C#CCO)n1. The van der Waals surface area contributed by atoms with Crippen LogP contribution in [0.5, 0.6) is 0 Å². The van der Waals surface area contributed by atoms with Gasteiger partial charge in [0.1, 0.15) is 18.1 Å². The van der Waals surface area contributed by atoms with Crippen molar-refractivity contribution in [3.05, 3.63) is 23.9 Å². The van der Waals surface area contributed by atoms with E-state index in [1.807, 2.05) is 0 Å². The van der Waals surface area contributed by atoms with Gasteiger partial charge < -0.3 is 10.8 Å². The molecule has 14 heavy (non-hydrogen) atoms. The molecule has 0 aliphatic heterocycles. The molecular weight excluding hydrogens is 182 g/mol. The van der Waals surface area contributed by atoms with E-state index in [2.05, 4.69) is 22.1 Å². The molecule has 1 rings (SSSR count). The molecule has 0 aliphatic carbocycles. The highest BCUT2D eigenvalue weighted by molar-refractivity contribution is 5.86. The van der Waals surface area contributed by atoms with E-state index in [9.17, 15) is 4.79 Å². The molecule has 0 atom stereocenters. The molecule has 0 aromatic carbocycles. The van der Waals surface area contributed by atoms with E-state index >= 15 is 0 Å². The molecule has 0 unspecified atom stereocenters. The fourth-order valence-electron chi connectivity index (χ4n) is 0.830. The monoisotopic (exact) mass is 191 g/mol. The number of nitrogens with one attached hydrogen (secondary N) is 1. The molecule has 0 saturated carbocycles. The number of aromatic nitrogens is 1. The van der Waals surface area contributed by atoms with E-state index in [-0.39, 0.29) is 6.61 Å². The minimum Gasteiger partial charge on any atom is -0.384 e. The smallest absolute Gasteiger partial charge is 0.317 e. The lowest BCUT2D eigenvalue weighted by Gasteiger charge is -1.99. The number of carbonyl (C=O) groups excluding carboxylic acids is 1. The van der Waals surface area contributed by atoms with Crippen LogP contribution in [0.3, 0.4) is 0 Å². The number of urea groups is 1. The number of rotatable bonds is 1. The molecule has 0 aliphatic rings. The van der Waals surface area contributed by atoms with Gasteiger partial charge in [-0.05, 0) is 18.1 Å². The molecule has 0 bridgehead atoms. The van der Waals surface area contributed by atoms with E-state index in [1.54, 1.807) is 18.2 Å². The summed E-state index contributed by atoms with van der Waals surface area (Å²) >= 11 is 0. The molecule has 2 amide bonds. The zero-order valence-electron chi connectivity index (χ0n) is 7.32. The van der Waals surface area contributed by atoms with Crippen LogP contribution < -0.4 is 11.1 Å². The fraction of sp³-hybridized carbons (Fsp3) is 0.111. The number of aliphatic hydroxyl groups is 1. The van der Waals surface area contributed by atoms with E-state index in [0.29, 0.717) is 11.5 Å². The van der Waals surface area contributed by atoms with Crippen LogP contribution in [0, 0.1) is 11.8 Å². The van der Waals surface area contributed by atoms with Crippen molar-refractivity contribution in [1.82, 2.24) is 4.98 Å². The van der Waals surface area contributed by atoms with Crippen molar-refractivity contribution in [2.45, 2.75) is 0 Å². The highest BCUT2D eigenvalue weighted by Crippen LogP contribution is 2.02. The Balaban J connectivity index is 2.84. The number of amides is 2. The minimum atomic E-state index is -0.676. The van der Waals surface area contributed by atoms with Crippen molar-refractivity contribution in [2.75, 3.05) is 11.9 Å². The van der Waals surface area contributed by atoms with Crippen molar-refractivity contribution in [3.63, 3.8) is 0 Å². The third-order valence-electron chi connectivity index (χ3n) is 1.30. The largest absolute Gasteiger partial charge is 0.384 e. The summed E-state index contributed by atoms with van der Waals surface area (Å²) in [5.74, 6) is 5.38. The van der Waals surface area contributed by atoms with E-state index in [4.69, 9.17) is 10.8 Å². The Morgan fingerprint density at radius 2 is 2.43 bits per heavy atom. The van der Waals surface area contributed by atoms with Gasteiger partial charge in [0.05, 0.1) is 0 Å². The number of carbonyl (C=O) groups is 1. The van der Waals surface area contributed by atoms with Gasteiger partial charge in [-0.3, -0.25) is 5.32 Å². The number of hydrogen-bond acceptors (Lipinski definition) is 3. The normalized spacial score (nSPS) is 8.64. The van der Waals surface area contributed by atoms with Crippen LogP contribution in [0.1, 0.15) is 5.69 Å². The Kier molecular flexibility index (Phi) is 3.47. The second-order valence-corrected chi connectivity index (χ2v) is 2.36. The summed E-state index contributed by atoms with van der Waals surface area (Å²) in [7, 11) is 0. The van der Waals surface area contributed by atoms with Crippen LogP contribution in [-0.4, -0.2) is 22.7 Å². The second kappa shape index (κ2) is 4.84. The molecule has 1 aromatic heterocycles. The number of hydrogen-bond donors (Lipinski definition) is 3. The fourth-order valence-corrected chi connectivity index (χ4v) is 0.830. The molecule has 1 heterocycles. The zero-order valence-corrected chi connectivity index (χ0v) is 7.32. The van der Waals surface area contributed by atoms with Gasteiger partial charge in [-0.15, -0.1) is 0 Å². The Labute approximate surface area is 81.0 Å². The maximum atomic E-state index is 10.5. The predicted molar refractivity (Wildman–Crippen MR) is 51.4 cm³/mol. The summed E-state index contributed by atoms with van der Waals surface area (Å²) in [5.41, 5.74) is 5.37. The van der Waals surface area contributed by atoms with Gasteiger partial charge in [-0.2, -0.15) is 0 Å². The second-order valence-electron chi connectivity index (χ2n) is 2.36. The van der Waals surface area contributed by atoms with Gasteiger partial charge in [0.15, 0.2) is 0 Å². The summed E-state index contributed by atoms with van der Waals surface area (Å²) < 4.78 is 0. The van der Waals surface area contributed by atoms with Crippen molar-refractivity contribution in [3.8, 4) is 11.8 Å². The van der Waals surface area contributed by atoms with Crippen LogP contribution in [0.2, 0.25) is 0 Å². The first-order valence-corrected chi connectivity index (χ1v) is 3.85. The van der Waals surface area contributed by atoms with Crippen LogP contribution >= 0.6 is 0 Å². The quantitative estimate of drug-likeness (QED) is 0.542. The first-order chi connectivity index (χ1) is 6.72. The Morgan fingerprint density at radius 1 is 1.64 bits per heavy atom. The average molecular weight is 191 g/mol. The molecule has 0 fully saturated rings. The molecule has 0 spiro atoms. The lowest BCUT2D eigenvalue weighted by molar-refractivity contribution is 0.259. The van der Waals surface area contributed by atoms with Crippen LogP contribution in [0.15, 0.2) is 18.2 Å². The third kappa shape index (κ3) is 3.13. The lowest BCUT2D eigenvalue weighted by atomic mass is 10.3. The van der Waals surface area contributed by atoms with Crippen molar-refractivity contribution in [2.24, 2.45) is 5.73 Å². The Morgan fingerprint density at radius 3 is 3.07 bits per heavy atom. The summed E-state index contributed by atoms with van der Waals surface area (Å²) in [5, 5.41) is 10.8. The number of aliphatic hydroxyl groups excluding tert-OH is 1. The van der Waals surface area contributed by atoms with Gasteiger partial charge in [0.25, 0.3) is 0 Å². The first-order valence-electron chi connectivity index (χ1n) is 3.85. The number of nitrogens with two attached hydrogens (primary N) is 1. The lowest BCUT2D eigenvalue weighted by Crippen LogP contribution is -2.20. The summed E-state index contributed by atoms with van der Waals surface area (Å²) in [6.07, 6.45) is 0. The highest BCUT2D eigenvalue weighted by atomic mass is 16.2. The molecule has 0 radical (unpaired) electrons. The first kappa shape index (κ1) is 10.0. The zero-order chi connectivity index (χ0) is 10.4. The molecule has 5 nitrogen and oxygen atoms in total. The Hall–Kier alpha value is -2.06. The maximum Gasteiger partial charge on any atom is 0.317 e. The Bertz CT molecular complexity index is 393. The molecule has 5 heteroatoms. The third-order valence-corrected chi connectivity index (χ3v) is 1.30. The number of nitrogens with zero attached hydrogens (tertiary/aromatic N) is 1. The maximum absolute atomic E-state index is 10.5. The summed E-state index contributed by atoms with van der Waals surface area (Å²) in [6.45, 7) is -0.227. The predicted octanol–water partition coefficient (Wildman–Crippen LogP) is -0.0840. The van der Waals surface area contributed by atoms with Gasteiger partial charge in [0.2, 0.25) is 0 Å². The van der Waals surface area contributed by atoms with E-state index in [0.717, 1.165) is 0 Å². The van der Waals surface area contributed by atoms with Crippen molar-refractivity contribution >= 4 is 11.8 Å². The molecule has 0 saturated heterocycles. The number of anilines is 1. The van der Waals surface area contributed by atoms with E-state index < -0.39 is 6.03 Å². The summed E-state index contributed by atoms with van der Waals surface area (Å²) in [4.78, 5) is 14.4. The van der Waals surface area contributed by atoms with Crippen LogP contribution in [-0.2, 0) is 0 Å². The van der Waals surface area contributed by atoms with Gasteiger partial charge in [-0.25, -0.2) is 9.78 Å². The molecule has 4 N–H and O–H groups in total. The van der Waals surface area contributed by atoms with Gasteiger partial charge >= 0.3 is 6.03 Å². The average Bonchev–Trinajstić information content (AvgIpc) is 2.14. The highest BCUT2D eigenvalue weighted by Gasteiger charge is 1.96. The topological polar surface area (TPSA) is 88.2 Å². The van der Waals surface area contributed by atoms with Gasteiger partial charge in [0, 0.05) is 0 Å². The van der Waals surface area contributed by atoms with Crippen molar-refractivity contribution in [1.29, 1.82) is 0 Å². The number of primary amides is 1. The standard InChI is InChI=1S/C9H9N3O2/c10-9(14)12-8-5-1-3-7(11-8)4-2-6-13/h1,3,5,13H,6H2,(H3,10,11,12,14). The van der Waals surface area contributed by atoms with E-state index in [1.165, 1.54) is 0 Å². The van der Waals surface area contributed by atoms with Crippen LogP contribution in [0.25, 0.3) is 0 Å². The molecule has 72 valence electrons. The molecule has 1 aromatic rings. The van der Waals surface area contributed by atoms with Crippen molar-refractivity contribution < 1.29 is 9.90 Å². The minimum absolute atomic E-state index is 0.227. The van der Waals surface area contributed by atoms with Crippen LogP contribution in [0.4, 0.5) is 10.6 Å². The summed E-state index contributed by atoms with van der Waals surface area (Å²) in [6, 6.07) is 4.26. The van der Waals surface area contributed by atoms with Gasteiger partial charge in [-0.1, -0.05) is 12.0 Å². The molecular formula is C9H9N3O2. The number of pyridine rings is 1.